The summed E-state index contributed by atoms with van der Waals surface area (Å²) in [4.78, 5) is 17.9. The molecule has 7 nitrogen and oxygen atoms in total. The molecule has 0 fully saturated rings. The molecule has 9 heteroatoms. The van der Waals surface area contributed by atoms with Crippen molar-refractivity contribution in [2.45, 2.75) is 39.7 Å². The molecule has 0 unspecified atom stereocenters. The van der Waals surface area contributed by atoms with Gasteiger partial charge in [-0.05, 0) is 31.6 Å². The topological polar surface area (TPSA) is 93.7 Å². The van der Waals surface area contributed by atoms with Gasteiger partial charge in [-0.3, -0.25) is 0 Å². The van der Waals surface area contributed by atoms with E-state index in [0.717, 1.165) is 6.42 Å². The molecule has 25 heavy (non-hydrogen) atoms. The fraction of sp³-hybridized carbons (Fsp3) is 0.500. The Morgan fingerprint density at radius 3 is 2.60 bits per heavy atom. The number of ether oxygens (including phenoxy) is 1. The van der Waals surface area contributed by atoms with E-state index in [1.54, 1.807) is 18.2 Å². The molecule has 0 saturated carbocycles. The number of carboxylic acid groups (broad SMARTS) is 1. The van der Waals surface area contributed by atoms with Crippen LogP contribution in [-0.4, -0.2) is 53.5 Å². The van der Waals surface area contributed by atoms with Crippen LogP contribution in [0.1, 0.15) is 30.9 Å². The van der Waals surface area contributed by atoms with Crippen molar-refractivity contribution in [1.82, 2.24) is 9.97 Å². The first-order chi connectivity index (χ1) is 11.9. The third-order valence-corrected chi connectivity index (χ3v) is 4.67. The molecule has 2 N–H and O–H groups in total. The van der Waals surface area contributed by atoms with Gasteiger partial charge in [0.15, 0.2) is 0 Å². The highest BCUT2D eigenvalue weighted by molar-refractivity contribution is 6.26. The minimum absolute atomic E-state index is 0.0962. The summed E-state index contributed by atoms with van der Waals surface area (Å²) >= 11 is 0. The van der Waals surface area contributed by atoms with Crippen molar-refractivity contribution in [3.63, 3.8) is 0 Å². The molecular weight excluding hydrogens is 356 g/mol. The van der Waals surface area contributed by atoms with E-state index in [1.165, 1.54) is 0 Å². The zero-order valence-corrected chi connectivity index (χ0v) is 16.8. The minimum atomic E-state index is -1.10. The summed E-state index contributed by atoms with van der Waals surface area (Å²) < 4.78 is 17.3. The fourth-order valence-electron chi connectivity index (χ4n) is 2.32. The SMILES string of the molecule is C[Si]OC(O[Si]C)C(C)(C)CCOc1cccc2[nH]c(C(=O)O)nc12. The fourth-order valence-corrected chi connectivity index (χ4v) is 3.58. The summed E-state index contributed by atoms with van der Waals surface area (Å²) in [5, 5.41) is 9.06. The highest BCUT2D eigenvalue weighted by Gasteiger charge is 2.30. The van der Waals surface area contributed by atoms with Gasteiger partial charge in [0.25, 0.3) is 0 Å². The number of nitrogens with zero attached hydrogens (tertiary/aromatic N) is 1. The third kappa shape index (κ3) is 4.91. The number of rotatable bonds is 10. The summed E-state index contributed by atoms with van der Waals surface area (Å²) in [6.45, 7) is 8.56. The largest absolute Gasteiger partial charge is 0.491 e. The van der Waals surface area contributed by atoms with E-state index < -0.39 is 5.97 Å². The second-order valence-corrected chi connectivity index (χ2v) is 7.39. The zero-order chi connectivity index (χ0) is 18.4. The molecule has 0 bridgehead atoms. The molecule has 1 aromatic heterocycles. The Labute approximate surface area is 152 Å². The van der Waals surface area contributed by atoms with E-state index in [0.29, 0.717) is 42.9 Å². The molecule has 1 aromatic carbocycles. The lowest BCUT2D eigenvalue weighted by molar-refractivity contribution is -0.0854. The molecule has 2 aromatic rings. The predicted molar refractivity (Wildman–Crippen MR) is 96.1 cm³/mol. The standard InChI is InChI=1S/C16H22N2O5Si2/c1-16(2,15(22-24-3)23-25-4)8-9-21-11-7-5-6-10-12(11)18-13(17-10)14(19)20/h5-7,15H,8-9H2,1-4H3,(H,17,18)(H,19,20). The van der Waals surface area contributed by atoms with E-state index in [2.05, 4.69) is 23.8 Å². The second kappa shape index (κ2) is 8.61. The van der Waals surface area contributed by atoms with Crippen molar-refractivity contribution < 1.29 is 23.5 Å². The lowest BCUT2D eigenvalue weighted by Crippen LogP contribution is -2.37. The highest BCUT2D eigenvalue weighted by Crippen LogP contribution is 2.30. The Morgan fingerprint density at radius 1 is 1.32 bits per heavy atom. The summed E-state index contributed by atoms with van der Waals surface area (Å²) in [7, 11) is 0.711. The van der Waals surface area contributed by atoms with Crippen molar-refractivity contribution >= 4 is 36.5 Å². The second-order valence-electron chi connectivity index (χ2n) is 6.11. The van der Waals surface area contributed by atoms with E-state index >= 15 is 0 Å². The first-order valence-corrected chi connectivity index (χ1v) is 10.7. The van der Waals surface area contributed by atoms with Gasteiger partial charge in [-0.15, -0.1) is 0 Å². The quantitative estimate of drug-likeness (QED) is 0.488. The number of H-pyrrole nitrogens is 1. The van der Waals surface area contributed by atoms with Gasteiger partial charge in [0.1, 0.15) is 17.6 Å². The van der Waals surface area contributed by atoms with Crippen LogP contribution in [0.15, 0.2) is 18.2 Å². The maximum Gasteiger partial charge on any atom is 0.371 e. The molecule has 2 rings (SSSR count). The lowest BCUT2D eigenvalue weighted by atomic mass is 9.89. The average Bonchev–Trinajstić information content (AvgIpc) is 3.00. The van der Waals surface area contributed by atoms with Crippen molar-refractivity contribution in [3.8, 4) is 5.75 Å². The maximum atomic E-state index is 11.1. The highest BCUT2D eigenvalue weighted by atomic mass is 28.2. The van der Waals surface area contributed by atoms with E-state index in [-0.39, 0.29) is 17.5 Å². The van der Waals surface area contributed by atoms with Gasteiger partial charge in [-0.2, -0.15) is 0 Å². The Kier molecular flexibility index (Phi) is 6.76. The molecule has 4 radical (unpaired) electrons. The normalized spacial score (nSPS) is 12.0. The number of benzene rings is 1. The number of hydrogen-bond donors (Lipinski definition) is 2. The number of aromatic amines is 1. The van der Waals surface area contributed by atoms with Crippen LogP contribution in [-0.2, 0) is 8.85 Å². The Balaban J connectivity index is 2.05. The molecule has 0 amide bonds. The van der Waals surface area contributed by atoms with E-state index in [9.17, 15) is 4.79 Å². The van der Waals surface area contributed by atoms with Gasteiger partial charge in [-0.1, -0.05) is 19.9 Å². The van der Waals surface area contributed by atoms with Gasteiger partial charge >= 0.3 is 5.97 Å². The van der Waals surface area contributed by atoms with Gasteiger partial charge in [0, 0.05) is 5.41 Å². The van der Waals surface area contributed by atoms with Gasteiger partial charge in [0.2, 0.25) is 25.4 Å². The van der Waals surface area contributed by atoms with E-state index in [4.69, 9.17) is 18.7 Å². The lowest BCUT2D eigenvalue weighted by Gasteiger charge is -2.33. The maximum absolute atomic E-state index is 11.1. The van der Waals surface area contributed by atoms with Crippen molar-refractivity contribution in [3.05, 3.63) is 24.0 Å². The molecule has 0 aliphatic rings. The molecule has 0 spiro atoms. The Hall–Kier alpha value is -1.69. The number of hydrogen-bond acceptors (Lipinski definition) is 5. The molecule has 1 heterocycles. The van der Waals surface area contributed by atoms with Crippen LogP contribution in [0.4, 0.5) is 0 Å². The van der Waals surface area contributed by atoms with Crippen molar-refractivity contribution in [2.24, 2.45) is 5.41 Å². The first-order valence-electron chi connectivity index (χ1n) is 7.88. The third-order valence-electron chi connectivity index (χ3n) is 3.77. The van der Waals surface area contributed by atoms with Crippen LogP contribution >= 0.6 is 0 Å². The van der Waals surface area contributed by atoms with E-state index in [1.807, 2.05) is 13.1 Å². The van der Waals surface area contributed by atoms with Gasteiger partial charge in [0.05, 0.1) is 12.1 Å². The van der Waals surface area contributed by atoms with Crippen LogP contribution in [0.3, 0.4) is 0 Å². The smallest absolute Gasteiger partial charge is 0.371 e. The first kappa shape index (κ1) is 19.6. The Bertz CT molecular complexity index is 714. The summed E-state index contributed by atoms with van der Waals surface area (Å²) in [6, 6.07) is 5.36. The summed E-state index contributed by atoms with van der Waals surface area (Å²) in [5.74, 6) is -0.632. The van der Waals surface area contributed by atoms with Crippen LogP contribution in [0.5, 0.6) is 5.75 Å². The van der Waals surface area contributed by atoms with Gasteiger partial charge in [-0.25, -0.2) is 9.78 Å². The number of carbonyl (C=O) groups is 1. The zero-order valence-electron chi connectivity index (χ0n) is 14.8. The van der Waals surface area contributed by atoms with Crippen LogP contribution in [0.2, 0.25) is 13.1 Å². The number of carboxylic acids is 1. The van der Waals surface area contributed by atoms with Gasteiger partial charge < -0.3 is 23.7 Å². The average molecular weight is 379 g/mol. The number of fused-ring (bicyclic) bond motifs is 1. The molecule has 0 atom stereocenters. The molecular formula is C16H22N2O5Si2. The number of aromatic nitrogens is 2. The minimum Gasteiger partial charge on any atom is -0.491 e. The van der Waals surface area contributed by atoms with Crippen molar-refractivity contribution in [1.29, 1.82) is 0 Å². The monoisotopic (exact) mass is 378 g/mol. The summed E-state index contributed by atoms with van der Waals surface area (Å²) in [6.07, 6.45) is 0.446. The van der Waals surface area contributed by atoms with Crippen LogP contribution < -0.4 is 4.74 Å². The number of para-hydroxylation sites is 1. The van der Waals surface area contributed by atoms with Crippen LogP contribution in [0.25, 0.3) is 11.0 Å². The number of aromatic carboxylic acids is 1. The molecule has 0 aliphatic carbocycles. The molecule has 134 valence electrons. The van der Waals surface area contributed by atoms with Crippen LogP contribution in [0, 0.1) is 5.41 Å². The predicted octanol–water partition coefficient (Wildman–Crippen LogP) is 2.75. The molecule has 0 saturated heterocycles. The molecule has 0 aliphatic heterocycles. The summed E-state index contributed by atoms with van der Waals surface area (Å²) in [5.41, 5.74) is 0.947. The Morgan fingerprint density at radius 2 is 2.00 bits per heavy atom. The van der Waals surface area contributed by atoms with Crippen molar-refractivity contribution in [2.75, 3.05) is 6.61 Å². The number of imidazole rings is 1. The number of nitrogens with one attached hydrogen (secondary N) is 1.